The minimum absolute atomic E-state index is 0.00769. The van der Waals surface area contributed by atoms with Crippen LogP contribution in [0.15, 0.2) is 18.2 Å². The average molecular weight is 295 g/mol. The molecule has 0 aromatic heterocycles. The van der Waals surface area contributed by atoms with Crippen LogP contribution in [0.5, 0.6) is 5.75 Å². The van der Waals surface area contributed by atoms with Gasteiger partial charge in [-0.15, -0.1) is 0 Å². The molecule has 6 heteroatoms. The third-order valence-corrected chi connectivity index (χ3v) is 2.53. The highest BCUT2D eigenvalue weighted by molar-refractivity contribution is 5.85. The number of methoxy groups -OCH3 is 1. The van der Waals surface area contributed by atoms with Crippen molar-refractivity contribution in [3.63, 3.8) is 0 Å². The summed E-state index contributed by atoms with van der Waals surface area (Å²) < 4.78 is 10.3. The first kappa shape index (κ1) is 16.8. The third-order valence-electron chi connectivity index (χ3n) is 2.53. The molecule has 1 aromatic rings. The Morgan fingerprint density at radius 1 is 1.29 bits per heavy atom. The molecule has 0 fully saturated rings. The van der Waals surface area contributed by atoms with Gasteiger partial charge in [-0.05, 0) is 51.0 Å². The fraction of sp³-hybridized carbons (Fsp3) is 0.467. The first-order chi connectivity index (χ1) is 9.71. The minimum atomic E-state index is -0.887. The average Bonchev–Trinajstić information content (AvgIpc) is 2.34. The molecule has 0 aliphatic heterocycles. The van der Waals surface area contributed by atoms with Gasteiger partial charge in [0.15, 0.2) is 0 Å². The lowest BCUT2D eigenvalue weighted by Crippen LogP contribution is -2.27. The second kappa shape index (κ2) is 6.97. The maximum Gasteiger partial charge on any atom is 0.412 e. The Labute approximate surface area is 124 Å². The van der Waals surface area contributed by atoms with E-state index in [1.165, 1.54) is 7.11 Å². The number of amides is 1. The summed E-state index contributed by atoms with van der Waals surface area (Å²) in [6, 6.07) is 5.04. The number of aryl methyl sites for hydroxylation is 1. The number of aliphatic carboxylic acids is 1. The second-order valence-corrected chi connectivity index (χ2v) is 5.55. The summed E-state index contributed by atoms with van der Waals surface area (Å²) in [6.07, 6.45) is -0.244. The van der Waals surface area contributed by atoms with Crippen LogP contribution >= 0.6 is 0 Å². The molecule has 6 nitrogen and oxygen atoms in total. The van der Waals surface area contributed by atoms with E-state index in [4.69, 9.17) is 14.6 Å². The lowest BCUT2D eigenvalue weighted by Gasteiger charge is -2.20. The zero-order valence-electron chi connectivity index (χ0n) is 12.7. The number of carboxylic acid groups (broad SMARTS) is 1. The molecular weight excluding hydrogens is 274 g/mol. The summed E-state index contributed by atoms with van der Waals surface area (Å²) in [4.78, 5) is 22.4. The number of benzene rings is 1. The summed E-state index contributed by atoms with van der Waals surface area (Å²) in [7, 11) is 1.51. The van der Waals surface area contributed by atoms with Crippen molar-refractivity contribution < 1.29 is 24.2 Å². The topological polar surface area (TPSA) is 84.9 Å². The largest absolute Gasteiger partial charge is 0.496 e. The number of ether oxygens (including phenoxy) is 2. The number of carboxylic acids is 1. The van der Waals surface area contributed by atoms with Crippen molar-refractivity contribution >= 4 is 17.7 Å². The van der Waals surface area contributed by atoms with Gasteiger partial charge in [0, 0.05) is 12.1 Å². The molecule has 0 radical (unpaired) electrons. The van der Waals surface area contributed by atoms with Crippen LogP contribution in [0.4, 0.5) is 10.5 Å². The van der Waals surface area contributed by atoms with E-state index < -0.39 is 17.7 Å². The molecule has 0 aliphatic carbocycles. The molecule has 2 N–H and O–H groups in total. The third kappa shape index (κ3) is 6.16. The van der Waals surface area contributed by atoms with Crippen LogP contribution < -0.4 is 10.1 Å². The fourth-order valence-electron chi connectivity index (χ4n) is 1.71. The van der Waals surface area contributed by atoms with Crippen LogP contribution in [-0.2, 0) is 16.0 Å². The summed E-state index contributed by atoms with van der Waals surface area (Å²) >= 11 is 0. The second-order valence-electron chi connectivity index (χ2n) is 5.55. The van der Waals surface area contributed by atoms with Gasteiger partial charge in [0.1, 0.15) is 11.4 Å². The van der Waals surface area contributed by atoms with Gasteiger partial charge >= 0.3 is 12.1 Å². The first-order valence-electron chi connectivity index (χ1n) is 6.60. The Morgan fingerprint density at radius 2 is 1.95 bits per heavy atom. The highest BCUT2D eigenvalue weighted by atomic mass is 16.6. The Hall–Kier alpha value is -2.24. The molecule has 0 heterocycles. The van der Waals surface area contributed by atoms with E-state index in [2.05, 4.69) is 5.32 Å². The molecular formula is C15H21NO5. The van der Waals surface area contributed by atoms with Gasteiger partial charge in [-0.2, -0.15) is 0 Å². The van der Waals surface area contributed by atoms with E-state index in [1.54, 1.807) is 39.0 Å². The molecule has 1 aromatic carbocycles. The Balaban J connectivity index is 2.82. The summed E-state index contributed by atoms with van der Waals surface area (Å²) in [6.45, 7) is 5.33. The number of carbonyl (C=O) groups is 2. The van der Waals surface area contributed by atoms with E-state index >= 15 is 0 Å². The number of rotatable bonds is 5. The summed E-state index contributed by atoms with van der Waals surface area (Å²) in [5, 5.41) is 11.4. The molecule has 0 spiro atoms. The predicted molar refractivity (Wildman–Crippen MR) is 78.8 cm³/mol. The van der Waals surface area contributed by atoms with E-state index in [0.717, 1.165) is 0 Å². The monoisotopic (exact) mass is 295 g/mol. The molecule has 0 unspecified atom stereocenters. The van der Waals surface area contributed by atoms with Crippen LogP contribution in [-0.4, -0.2) is 29.9 Å². The lowest BCUT2D eigenvalue weighted by molar-refractivity contribution is -0.136. The van der Waals surface area contributed by atoms with Crippen LogP contribution in [0.2, 0.25) is 0 Å². The van der Waals surface area contributed by atoms with Gasteiger partial charge in [0.2, 0.25) is 0 Å². The Kier molecular flexibility index (Phi) is 5.58. The minimum Gasteiger partial charge on any atom is -0.496 e. The van der Waals surface area contributed by atoms with Crippen molar-refractivity contribution in [2.75, 3.05) is 12.4 Å². The highest BCUT2D eigenvalue weighted by Gasteiger charge is 2.16. The number of nitrogens with one attached hydrogen (secondary N) is 1. The van der Waals surface area contributed by atoms with Crippen LogP contribution in [0.3, 0.4) is 0 Å². The zero-order valence-corrected chi connectivity index (χ0v) is 12.7. The van der Waals surface area contributed by atoms with Crippen molar-refractivity contribution in [1.29, 1.82) is 0 Å². The van der Waals surface area contributed by atoms with Crippen LogP contribution in [0.25, 0.3) is 0 Å². The van der Waals surface area contributed by atoms with Crippen molar-refractivity contribution in [3.8, 4) is 5.75 Å². The van der Waals surface area contributed by atoms with Crippen molar-refractivity contribution in [3.05, 3.63) is 23.8 Å². The molecule has 0 aliphatic rings. The fourth-order valence-corrected chi connectivity index (χ4v) is 1.71. The maximum atomic E-state index is 11.7. The smallest absolute Gasteiger partial charge is 0.412 e. The van der Waals surface area contributed by atoms with E-state index in [-0.39, 0.29) is 6.42 Å². The lowest BCUT2D eigenvalue weighted by atomic mass is 10.1. The Morgan fingerprint density at radius 3 is 2.48 bits per heavy atom. The Bertz CT molecular complexity index is 519. The maximum absolute atomic E-state index is 11.7. The molecule has 116 valence electrons. The number of anilines is 1. The van der Waals surface area contributed by atoms with Crippen LogP contribution in [0.1, 0.15) is 32.8 Å². The predicted octanol–water partition coefficient (Wildman–Crippen LogP) is 3.06. The normalized spacial score (nSPS) is 10.9. The van der Waals surface area contributed by atoms with Gasteiger partial charge in [0.05, 0.1) is 7.11 Å². The zero-order chi connectivity index (χ0) is 16.0. The molecule has 1 rings (SSSR count). The first-order valence-corrected chi connectivity index (χ1v) is 6.60. The number of hydrogen-bond acceptors (Lipinski definition) is 4. The molecule has 21 heavy (non-hydrogen) atoms. The number of carbonyl (C=O) groups excluding carboxylic acids is 1. The van der Waals surface area contributed by atoms with Crippen molar-refractivity contribution in [2.24, 2.45) is 0 Å². The SMILES string of the molecule is COc1ccc(NC(=O)OC(C)(C)C)cc1CCC(=O)O. The van der Waals surface area contributed by atoms with Gasteiger partial charge in [0.25, 0.3) is 0 Å². The summed E-state index contributed by atoms with van der Waals surface area (Å²) in [5.41, 5.74) is 0.668. The molecule has 0 atom stereocenters. The van der Waals surface area contributed by atoms with Crippen molar-refractivity contribution in [2.45, 2.75) is 39.2 Å². The van der Waals surface area contributed by atoms with Gasteiger partial charge in [-0.3, -0.25) is 10.1 Å². The van der Waals surface area contributed by atoms with Gasteiger partial charge < -0.3 is 14.6 Å². The van der Waals surface area contributed by atoms with Crippen molar-refractivity contribution in [1.82, 2.24) is 0 Å². The van der Waals surface area contributed by atoms with Gasteiger partial charge in [-0.25, -0.2) is 4.79 Å². The van der Waals surface area contributed by atoms with Gasteiger partial charge in [-0.1, -0.05) is 0 Å². The molecule has 0 bridgehead atoms. The molecule has 0 saturated carbocycles. The van der Waals surface area contributed by atoms with Crippen LogP contribution in [0, 0.1) is 0 Å². The quantitative estimate of drug-likeness (QED) is 0.872. The molecule has 0 saturated heterocycles. The van der Waals surface area contributed by atoms with E-state index in [9.17, 15) is 9.59 Å². The van der Waals surface area contributed by atoms with E-state index in [0.29, 0.717) is 23.4 Å². The summed E-state index contributed by atoms with van der Waals surface area (Å²) in [5.74, 6) is -0.298. The van der Waals surface area contributed by atoms with E-state index in [1.807, 2.05) is 0 Å². The highest BCUT2D eigenvalue weighted by Crippen LogP contribution is 2.24. The molecule has 1 amide bonds. The number of hydrogen-bond donors (Lipinski definition) is 2. The standard InChI is InChI=1S/C15H21NO5/c1-15(2,3)21-14(19)16-11-6-7-12(20-4)10(9-11)5-8-13(17)18/h6-7,9H,5,8H2,1-4H3,(H,16,19)(H,17,18).